The van der Waals surface area contributed by atoms with Crippen LogP contribution in [0, 0.1) is 0 Å². The van der Waals surface area contributed by atoms with Crippen molar-refractivity contribution in [3.8, 4) is 0 Å². The zero-order valence-corrected chi connectivity index (χ0v) is 13.5. The number of furan rings is 1. The molecule has 0 saturated carbocycles. The number of urea groups is 1. The number of aliphatic carboxylic acids is 1. The van der Waals surface area contributed by atoms with E-state index in [0.29, 0.717) is 6.54 Å². The number of amides is 2. The molecule has 0 aliphatic carbocycles. The van der Waals surface area contributed by atoms with Crippen molar-refractivity contribution in [1.82, 2.24) is 10.6 Å². The molecule has 0 bridgehead atoms. The van der Waals surface area contributed by atoms with E-state index >= 15 is 0 Å². The van der Waals surface area contributed by atoms with Crippen molar-refractivity contribution in [1.29, 1.82) is 0 Å². The molecule has 112 valence electrons. The van der Waals surface area contributed by atoms with Gasteiger partial charge in [0.2, 0.25) is 0 Å². The Bertz CT molecular complexity index is 640. The van der Waals surface area contributed by atoms with Crippen molar-refractivity contribution in [3.05, 3.63) is 45.0 Å². The Labute approximate surface area is 133 Å². The van der Waals surface area contributed by atoms with Crippen molar-refractivity contribution in [2.75, 3.05) is 0 Å². The first-order chi connectivity index (χ1) is 9.93. The Kier molecular flexibility index (Phi) is 4.69. The molecule has 3 N–H and O–H groups in total. The van der Waals surface area contributed by atoms with Crippen molar-refractivity contribution < 1.29 is 19.1 Å². The van der Waals surface area contributed by atoms with Gasteiger partial charge in [0.1, 0.15) is 5.76 Å². The Balaban J connectivity index is 2.03. The third-order valence-electron chi connectivity index (χ3n) is 2.91. The first-order valence-corrected chi connectivity index (χ1v) is 7.66. The summed E-state index contributed by atoms with van der Waals surface area (Å²) in [7, 11) is 0. The number of rotatable bonds is 5. The molecule has 0 radical (unpaired) electrons. The fraction of sp³-hybridized carbons (Fsp3) is 0.231. The predicted molar refractivity (Wildman–Crippen MR) is 81.1 cm³/mol. The lowest BCUT2D eigenvalue weighted by molar-refractivity contribution is -0.144. The van der Waals surface area contributed by atoms with Crippen molar-refractivity contribution in [3.63, 3.8) is 0 Å². The number of halogens is 1. The highest BCUT2D eigenvalue weighted by Gasteiger charge is 2.39. The quantitative estimate of drug-likeness (QED) is 0.752. The molecule has 2 aromatic rings. The van der Waals surface area contributed by atoms with Crippen LogP contribution in [0.25, 0.3) is 0 Å². The number of carboxylic acid groups (broad SMARTS) is 1. The minimum Gasteiger partial charge on any atom is -0.479 e. The van der Waals surface area contributed by atoms with Gasteiger partial charge in [-0.15, -0.1) is 11.3 Å². The van der Waals surface area contributed by atoms with Crippen LogP contribution in [0.15, 0.2) is 38.7 Å². The SMILES string of the molecule is CC(NC(=O)NCc1sccc1Br)(C(=O)O)c1ccco1. The number of carbonyl (C=O) groups is 2. The molecule has 0 spiro atoms. The van der Waals surface area contributed by atoms with Crippen LogP contribution in [-0.4, -0.2) is 17.1 Å². The van der Waals surface area contributed by atoms with Gasteiger partial charge in [0, 0.05) is 9.35 Å². The van der Waals surface area contributed by atoms with Gasteiger partial charge in [-0.2, -0.15) is 0 Å². The second kappa shape index (κ2) is 6.31. The lowest BCUT2D eigenvalue weighted by atomic mass is 9.99. The van der Waals surface area contributed by atoms with Crippen LogP contribution in [-0.2, 0) is 16.9 Å². The number of carboxylic acids is 1. The fourth-order valence-corrected chi connectivity index (χ4v) is 3.10. The van der Waals surface area contributed by atoms with Crippen LogP contribution in [0.3, 0.4) is 0 Å². The monoisotopic (exact) mass is 372 g/mol. The summed E-state index contributed by atoms with van der Waals surface area (Å²) in [6, 6.07) is 4.36. The van der Waals surface area contributed by atoms with Crippen LogP contribution in [0.2, 0.25) is 0 Å². The van der Waals surface area contributed by atoms with Gasteiger partial charge in [-0.1, -0.05) is 0 Å². The van der Waals surface area contributed by atoms with E-state index in [4.69, 9.17) is 4.42 Å². The Morgan fingerprint density at radius 2 is 2.24 bits per heavy atom. The van der Waals surface area contributed by atoms with E-state index in [9.17, 15) is 14.7 Å². The van der Waals surface area contributed by atoms with Gasteiger partial charge in [-0.3, -0.25) is 0 Å². The molecule has 0 saturated heterocycles. The highest BCUT2D eigenvalue weighted by molar-refractivity contribution is 9.10. The molecule has 0 aliphatic rings. The minimum absolute atomic E-state index is 0.155. The third-order valence-corrected chi connectivity index (χ3v) is 4.83. The molecule has 2 amide bonds. The fourth-order valence-electron chi connectivity index (χ4n) is 1.67. The van der Waals surface area contributed by atoms with Crippen LogP contribution < -0.4 is 10.6 Å². The lowest BCUT2D eigenvalue weighted by Gasteiger charge is -2.24. The zero-order chi connectivity index (χ0) is 15.5. The Hall–Kier alpha value is -1.80. The molecular formula is C13H13BrN2O4S. The summed E-state index contributed by atoms with van der Waals surface area (Å²) >= 11 is 4.85. The molecule has 2 rings (SSSR count). The molecule has 0 aromatic carbocycles. The van der Waals surface area contributed by atoms with E-state index in [1.807, 2.05) is 11.4 Å². The summed E-state index contributed by atoms with van der Waals surface area (Å²) in [5.41, 5.74) is -1.62. The zero-order valence-electron chi connectivity index (χ0n) is 11.1. The number of hydrogen-bond acceptors (Lipinski definition) is 4. The van der Waals surface area contributed by atoms with Crippen LogP contribution in [0.4, 0.5) is 4.79 Å². The topological polar surface area (TPSA) is 91.6 Å². The third kappa shape index (κ3) is 3.45. The first kappa shape index (κ1) is 15.6. The standard InChI is InChI=1S/C13H13BrN2O4S/c1-13(11(17)18,10-3-2-5-20-10)16-12(19)15-7-9-8(14)4-6-21-9/h2-6H,7H2,1H3,(H,17,18)(H2,15,16,19). The lowest BCUT2D eigenvalue weighted by Crippen LogP contribution is -2.52. The van der Waals surface area contributed by atoms with E-state index in [-0.39, 0.29) is 5.76 Å². The maximum Gasteiger partial charge on any atom is 0.337 e. The number of hydrogen-bond donors (Lipinski definition) is 3. The van der Waals surface area contributed by atoms with Gasteiger partial charge in [0.05, 0.1) is 12.8 Å². The summed E-state index contributed by atoms with van der Waals surface area (Å²) in [6.45, 7) is 1.67. The van der Waals surface area contributed by atoms with E-state index < -0.39 is 17.5 Å². The van der Waals surface area contributed by atoms with E-state index in [1.165, 1.54) is 30.6 Å². The Morgan fingerprint density at radius 1 is 1.48 bits per heavy atom. The largest absolute Gasteiger partial charge is 0.479 e. The van der Waals surface area contributed by atoms with E-state index in [1.54, 1.807) is 6.07 Å². The maximum absolute atomic E-state index is 11.9. The van der Waals surface area contributed by atoms with E-state index in [0.717, 1.165) is 9.35 Å². The summed E-state index contributed by atoms with van der Waals surface area (Å²) in [6.07, 6.45) is 1.36. The molecule has 21 heavy (non-hydrogen) atoms. The van der Waals surface area contributed by atoms with Gasteiger partial charge < -0.3 is 20.2 Å². The number of thiophene rings is 1. The van der Waals surface area contributed by atoms with Gasteiger partial charge in [0.25, 0.3) is 0 Å². The summed E-state index contributed by atoms with van der Waals surface area (Å²) in [4.78, 5) is 24.3. The smallest absolute Gasteiger partial charge is 0.337 e. The molecule has 2 aromatic heterocycles. The molecule has 6 nitrogen and oxygen atoms in total. The normalized spacial score (nSPS) is 13.4. The summed E-state index contributed by atoms with van der Waals surface area (Å²) < 4.78 is 6.00. The molecule has 2 heterocycles. The van der Waals surface area contributed by atoms with Crippen molar-refractivity contribution in [2.45, 2.75) is 19.0 Å². The van der Waals surface area contributed by atoms with Crippen molar-refractivity contribution >= 4 is 39.3 Å². The number of carbonyl (C=O) groups excluding carboxylic acids is 1. The molecular weight excluding hydrogens is 360 g/mol. The highest BCUT2D eigenvalue weighted by atomic mass is 79.9. The average molecular weight is 373 g/mol. The summed E-state index contributed by atoms with van der Waals surface area (Å²) in [5.74, 6) is -1.05. The summed E-state index contributed by atoms with van der Waals surface area (Å²) in [5, 5.41) is 16.3. The van der Waals surface area contributed by atoms with Crippen LogP contribution >= 0.6 is 27.3 Å². The van der Waals surface area contributed by atoms with Gasteiger partial charge >= 0.3 is 12.0 Å². The highest BCUT2D eigenvalue weighted by Crippen LogP contribution is 2.23. The maximum atomic E-state index is 11.9. The average Bonchev–Trinajstić information content (AvgIpc) is 3.07. The van der Waals surface area contributed by atoms with Crippen LogP contribution in [0.5, 0.6) is 0 Å². The first-order valence-electron chi connectivity index (χ1n) is 5.98. The molecule has 8 heteroatoms. The van der Waals surface area contributed by atoms with Gasteiger partial charge in [-0.25, -0.2) is 9.59 Å². The van der Waals surface area contributed by atoms with Crippen LogP contribution in [0.1, 0.15) is 17.6 Å². The predicted octanol–water partition coefficient (Wildman–Crippen LogP) is 2.90. The molecule has 1 atom stereocenters. The Morgan fingerprint density at radius 3 is 2.76 bits per heavy atom. The van der Waals surface area contributed by atoms with Gasteiger partial charge in [0.15, 0.2) is 5.54 Å². The van der Waals surface area contributed by atoms with Gasteiger partial charge in [-0.05, 0) is 46.4 Å². The second-order valence-corrected chi connectivity index (χ2v) is 6.26. The second-order valence-electron chi connectivity index (χ2n) is 4.41. The molecule has 1 unspecified atom stereocenters. The minimum atomic E-state index is -1.62. The van der Waals surface area contributed by atoms with E-state index in [2.05, 4.69) is 26.6 Å². The molecule has 0 aliphatic heterocycles. The number of nitrogens with one attached hydrogen (secondary N) is 2. The van der Waals surface area contributed by atoms with Crippen molar-refractivity contribution in [2.24, 2.45) is 0 Å². The molecule has 0 fully saturated rings.